The lowest BCUT2D eigenvalue weighted by Crippen LogP contribution is -2.33. The average Bonchev–Trinajstić information content (AvgIpc) is 2.10. The predicted molar refractivity (Wildman–Crippen MR) is 58.9 cm³/mol. The lowest BCUT2D eigenvalue weighted by atomic mass is 10.4. The SMILES string of the molecule is C=CCNC(=S)SC[C@H](N)C(=O)O. The molecule has 0 aliphatic heterocycles. The van der Waals surface area contributed by atoms with Crippen LogP contribution in [0.4, 0.5) is 0 Å². The van der Waals surface area contributed by atoms with E-state index in [1.54, 1.807) is 6.08 Å². The summed E-state index contributed by atoms with van der Waals surface area (Å²) in [4.78, 5) is 10.3. The minimum absolute atomic E-state index is 0.276. The highest BCUT2D eigenvalue weighted by Gasteiger charge is 2.11. The number of hydrogen-bond acceptors (Lipinski definition) is 4. The molecule has 0 aliphatic carbocycles. The largest absolute Gasteiger partial charge is 0.480 e. The molecule has 0 heterocycles. The molecule has 4 N–H and O–H groups in total. The van der Waals surface area contributed by atoms with Gasteiger partial charge >= 0.3 is 5.97 Å². The molecule has 0 saturated carbocycles. The molecule has 0 unspecified atom stereocenters. The van der Waals surface area contributed by atoms with E-state index in [2.05, 4.69) is 11.9 Å². The van der Waals surface area contributed by atoms with Crippen molar-refractivity contribution in [2.75, 3.05) is 12.3 Å². The summed E-state index contributed by atoms with van der Waals surface area (Å²) >= 11 is 6.10. The van der Waals surface area contributed by atoms with Gasteiger partial charge in [0, 0.05) is 12.3 Å². The Kier molecular flexibility index (Phi) is 6.56. The summed E-state index contributed by atoms with van der Waals surface area (Å²) in [5, 5.41) is 11.3. The summed E-state index contributed by atoms with van der Waals surface area (Å²) in [7, 11) is 0. The van der Waals surface area contributed by atoms with Crippen molar-refractivity contribution in [3.8, 4) is 0 Å². The highest BCUT2D eigenvalue weighted by Crippen LogP contribution is 2.03. The fourth-order valence-electron chi connectivity index (χ4n) is 0.443. The molecule has 0 aromatic carbocycles. The molecule has 74 valence electrons. The summed E-state index contributed by atoms with van der Waals surface area (Å²) in [6.07, 6.45) is 1.67. The standard InChI is InChI=1S/C7H12N2O2S2/c1-2-3-9-7(12)13-4-5(8)6(10)11/h2,5H,1,3-4,8H2,(H,9,12)(H,10,11)/t5-/m0/s1. The van der Waals surface area contributed by atoms with E-state index in [0.29, 0.717) is 10.9 Å². The number of thiocarbonyl (C=S) groups is 1. The van der Waals surface area contributed by atoms with E-state index >= 15 is 0 Å². The van der Waals surface area contributed by atoms with Gasteiger partial charge in [0.2, 0.25) is 0 Å². The van der Waals surface area contributed by atoms with Crippen LogP contribution in [-0.4, -0.2) is 33.7 Å². The first-order valence-electron chi connectivity index (χ1n) is 3.57. The first kappa shape index (κ1) is 12.4. The van der Waals surface area contributed by atoms with E-state index in [-0.39, 0.29) is 5.75 Å². The molecule has 1 atom stereocenters. The second-order valence-electron chi connectivity index (χ2n) is 2.21. The Morgan fingerprint density at radius 3 is 2.92 bits per heavy atom. The van der Waals surface area contributed by atoms with Crippen molar-refractivity contribution < 1.29 is 9.90 Å². The van der Waals surface area contributed by atoms with E-state index in [4.69, 9.17) is 23.1 Å². The van der Waals surface area contributed by atoms with E-state index < -0.39 is 12.0 Å². The van der Waals surface area contributed by atoms with Crippen molar-refractivity contribution in [3.63, 3.8) is 0 Å². The van der Waals surface area contributed by atoms with Crippen LogP contribution in [0.3, 0.4) is 0 Å². The predicted octanol–water partition coefficient (Wildman–Crippen LogP) is 0.192. The zero-order valence-corrected chi connectivity index (χ0v) is 8.66. The Bertz CT molecular complexity index is 209. The van der Waals surface area contributed by atoms with Gasteiger partial charge < -0.3 is 16.2 Å². The molecule has 0 fully saturated rings. The van der Waals surface area contributed by atoms with Gasteiger partial charge in [-0.05, 0) is 0 Å². The molecule has 0 amide bonds. The smallest absolute Gasteiger partial charge is 0.321 e. The number of nitrogens with one attached hydrogen (secondary N) is 1. The normalized spacial score (nSPS) is 11.8. The van der Waals surface area contributed by atoms with Gasteiger partial charge in [-0.2, -0.15) is 0 Å². The third-order valence-electron chi connectivity index (χ3n) is 1.10. The van der Waals surface area contributed by atoms with Crippen molar-refractivity contribution in [2.45, 2.75) is 6.04 Å². The van der Waals surface area contributed by atoms with Gasteiger partial charge in [-0.25, -0.2) is 0 Å². The van der Waals surface area contributed by atoms with Gasteiger partial charge in [0.25, 0.3) is 0 Å². The summed E-state index contributed by atoms with van der Waals surface area (Å²) in [6.45, 7) is 4.08. The highest BCUT2D eigenvalue weighted by atomic mass is 32.2. The number of aliphatic carboxylic acids is 1. The number of nitrogens with two attached hydrogens (primary N) is 1. The maximum Gasteiger partial charge on any atom is 0.321 e. The van der Waals surface area contributed by atoms with E-state index in [1.807, 2.05) is 0 Å². The van der Waals surface area contributed by atoms with Crippen molar-refractivity contribution in [2.24, 2.45) is 5.73 Å². The summed E-state index contributed by atoms with van der Waals surface area (Å²) < 4.78 is 0.539. The maximum atomic E-state index is 10.3. The summed E-state index contributed by atoms with van der Waals surface area (Å²) in [6, 6.07) is -0.867. The molecule has 0 aromatic heterocycles. The molecule has 0 bridgehead atoms. The molecule has 6 heteroatoms. The quantitative estimate of drug-likeness (QED) is 0.454. The molecule has 4 nitrogen and oxygen atoms in total. The molecule has 0 radical (unpaired) electrons. The zero-order valence-electron chi connectivity index (χ0n) is 7.03. The molecule has 0 saturated heterocycles. The Labute approximate surface area is 86.6 Å². The fraction of sp³-hybridized carbons (Fsp3) is 0.429. The Balaban J connectivity index is 3.57. The Hall–Kier alpha value is -0.590. The summed E-state index contributed by atoms with van der Waals surface area (Å²) in [5.74, 6) is -0.739. The average molecular weight is 220 g/mol. The van der Waals surface area contributed by atoms with Gasteiger partial charge in [-0.15, -0.1) is 6.58 Å². The van der Waals surface area contributed by atoms with Crippen LogP contribution >= 0.6 is 24.0 Å². The number of thioether (sulfide) groups is 1. The Morgan fingerprint density at radius 2 is 2.46 bits per heavy atom. The molecular formula is C7H12N2O2S2. The first-order valence-corrected chi connectivity index (χ1v) is 4.97. The van der Waals surface area contributed by atoms with Crippen LogP contribution in [0.25, 0.3) is 0 Å². The van der Waals surface area contributed by atoms with Crippen LogP contribution in [0.1, 0.15) is 0 Å². The number of carboxylic acid groups (broad SMARTS) is 1. The second-order valence-corrected chi connectivity index (χ2v) is 3.91. The molecular weight excluding hydrogens is 208 g/mol. The second kappa shape index (κ2) is 6.88. The molecule has 13 heavy (non-hydrogen) atoms. The number of carbonyl (C=O) groups is 1. The van der Waals surface area contributed by atoms with Crippen molar-refractivity contribution in [3.05, 3.63) is 12.7 Å². The fourth-order valence-corrected chi connectivity index (χ4v) is 1.39. The van der Waals surface area contributed by atoms with Crippen LogP contribution in [-0.2, 0) is 4.79 Å². The van der Waals surface area contributed by atoms with Crippen molar-refractivity contribution in [1.82, 2.24) is 5.32 Å². The third-order valence-corrected chi connectivity index (χ3v) is 2.53. The molecule has 0 aliphatic rings. The molecule has 0 aromatic rings. The minimum atomic E-state index is -1.01. The van der Waals surface area contributed by atoms with Gasteiger partial charge in [0.1, 0.15) is 10.4 Å². The first-order chi connectivity index (χ1) is 6.07. The maximum absolute atomic E-state index is 10.3. The van der Waals surface area contributed by atoms with Gasteiger partial charge in [0.05, 0.1) is 0 Å². The van der Waals surface area contributed by atoms with Crippen molar-refractivity contribution >= 4 is 34.3 Å². The van der Waals surface area contributed by atoms with Crippen LogP contribution in [0.15, 0.2) is 12.7 Å². The Morgan fingerprint density at radius 1 is 1.85 bits per heavy atom. The lowest BCUT2D eigenvalue weighted by molar-refractivity contribution is -0.137. The van der Waals surface area contributed by atoms with Crippen molar-refractivity contribution in [1.29, 1.82) is 0 Å². The molecule has 0 spiro atoms. The minimum Gasteiger partial charge on any atom is -0.480 e. The van der Waals surface area contributed by atoms with Crippen LogP contribution < -0.4 is 11.1 Å². The van der Waals surface area contributed by atoms with Gasteiger partial charge in [0.15, 0.2) is 0 Å². The van der Waals surface area contributed by atoms with Crippen LogP contribution in [0, 0.1) is 0 Å². The monoisotopic (exact) mass is 220 g/mol. The topological polar surface area (TPSA) is 75.3 Å². The summed E-state index contributed by atoms with van der Waals surface area (Å²) in [5.41, 5.74) is 5.27. The highest BCUT2D eigenvalue weighted by molar-refractivity contribution is 8.23. The van der Waals surface area contributed by atoms with E-state index in [9.17, 15) is 4.79 Å². The van der Waals surface area contributed by atoms with Gasteiger partial charge in [-0.3, -0.25) is 4.79 Å². The third kappa shape index (κ3) is 6.56. The number of hydrogen-bond donors (Lipinski definition) is 3. The molecule has 0 rings (SSSR count). The van der Waals surface area contributed by atoms with E-state index in [1.165, 1.54) is 11.8 Å². The lowest BCUT2D eigenvalue weighted by Gasteiger charge is -2.07. The zero-order chi connectivity index (χ0) is 10.3. The van der Waals surface area contributed by atoms with Crippen LogP contribution in [0.5, 0.6) is 0 Å². The van der Waals surface area contributed by atoms with E-state index in [0.717, 1.165) is 0 Å². The number of carboxylic acids is 1. The van der Waals surface area contributed by atoms with Gasteiger partial charge in [-0.1, -0.05) is 30.1 Å². The van der Waals surface area contributed by atoms with Crippen LogP contribution in [0.2, 0.25) is 0 Å². The number of rotatable bonds is 5.